The Labute approximate surface area is 97.0 Å². The Kier molecular flexibility index (Phi) is 4.31. The second-order valence-electron chi connectivity index (χ2n) is 4.84. The minimum absolute atomic E-state index is 0.0817. The van der Waals surface area contributed by atoms with Crippen LogP contribution >= 0.6 is 0 Å². The first-order valence-corrected chi connectivity index (χ1v) is 5.77. The summed E-state index contributed by atoms with van der Waals surface area (Å²) in [5.41, 5.74) is -0.263. The van der Waals surface area contributed by atoms with Gasteiger partial charge in [0, 0.05) is 7.11 Å². The topological polar surface area (TPSA) is 62.1 Å². The number of hydrogen-bond donors (Lipinski definition) is 1. The zero-order chi connectivity index (χ0) is 12.2. The predicted molar refractivity (Wildman–Crippen MR) is 60.6 cm³/mol. The van der Waals surface area contributed by atoms with E-state index in [4.69, 9.17) is 10.00 Å². The molecule has 0 aromatic rings. The van der Waals surface area contributed by atoms with Crippen LogP contribution in [0.2, 0.25) is 0 Å². The summed E-state index contributed by atoms with van der Waals surface area (Å²) < 4.78 is 5.38. The Bertz CT molecular complexity index is 284. The first-order chi connectivity index (χ1) is 7.53. The third kappa shape index (κ3) is 2.96. The second kappa shape index (κ2) is 5.31. The first-order valence-electron chi connectivity index (χ1n) is 5.77. The van der Waals surface area contributed by atoms with Gasteiger partial charge in [0.15, 0.2) is 0 Å². The van der Waals surface area contributed by atoms with E-state index in [9.17, 15) is 4.79 Å². The molecule has 16 heavy (non-hydrogen) atoms. The number of methoxy groups -OCH3 is 1. The van der Waals surface area contributed by atoms with Crippen molar-refractivity contribution in [3.8, 4) is 6.07 Å². The molecule has 1 unspecified atom stereocenters. The van der Waals surface area contributed by atoms with E-state index in [2.05, 4.69) is 11.4 Å². The minimum Gasteiger partial charge on any atom is -0.378 e. The average Bonchev–Trinajstić information content (AvgIpc) is 2.19. The van der Waals surface area contributed by atoms with Crippen molar-refractivity contribution < 1.29 is 9.53 Å². The maximum absolute atomic E-state index is 11.7. The maximum atomic E-state index is 11.7. The molecule has 0 radical (unpaired) electrons. The van der Waals surface area contributed by atoms with Crippen molar-refractivity contribution >= 4 is 5.91 Å². The molecule has 4 heteroatoms. The molecule has 0 spiro atoms. The van der Waals surface area contributed by atoms with Crippen LogP contribution in [0.3, 0.4) is 0 Å². The van der Waals surface area contributed by atoms with Gasteiger partial charge in [-0.05, 0) is 25.2 Å². The number of carbonyl (C=O) groups excluding carboxylic acids is 1. The van der Waals surface area contributed by atoms with Crippen molar-refractivity contribution in [2.24, 2.45) is 5.92 Å². The number of nitrogens with one attached hydrogen (secondary N) is 1. The second-order valence-corrected chi connectivity index (χ2v) is 4.84. The number of nitrogens with zero attached hydrogens (tertiary/aromatic N) is 1. The molecular formula is C12H20N2O2. The van der Waals surface area contributed by atoms with Crippen LogP contribution in [0, 0.1) is 17.2 Å². The van der Waals surface area contributed by atoms with Crippen molar-refractivity contribution in [3.05, 3.63) is 0 Å². The number of nitriles is 1. The zero-order valence-electron chi connectivity index (χ0n) is 10.2. The van der Waals surface area contributed by atoms with Crippen LogP contribution in [-0.2, 0) is 9.53 Å². The fraction of sp³-hybridized carbons (Fsp3) is 0.833. The Morgan fingerprint density at radius 2 is 2.19 bits per heavy atom. The number of amides is 1. The van der Waals surface area contributed by atoms with Crippen molar-refractivity contribution in [3.63, 3.8) is 0 Å². The first kappa shape index (κ1) is 13.0. The molecule has 1 aliphatic rings. The van der Waals surface area contributed by atoms with Gasteiger partial charge in [-0.15, -0.1) is 0 Å². The van der Waals surface area contributed by atoms with E-state index in [1.807, 2.05) is 13.8 Å². The Balaban J connectivity index is 2.44. The standard InChI is InChI=1S/C12H20N2O2/c1-9(2)10(8-13)14-11(15)7-12(16-3)5-4-6-12/h9-10H,4-7H2,1-3H3,(H,14,15). The molecule has 90 valence electrons. The number of rotatable bonds is 5. The van der Waals surface area contributed by atoms with Crippen molar-refractivity contribution in [2.75, 3.05) is 7.11 Å². The van der Waals surface area contributed by atoms with Crippen LogP contribution in [0.15, 0.2) is 0 Å². The lowest BCUT2D eigenvalue weighted by atomic mass is 9.77. The van der Waals surface area contributed by atoms with E-state index >= 15 is 0 Å². The highest BCUT2D eigenvalue weighted by Crippen LogP contribution is 2.37. The Hall–Kier alpha value is -1.08. The van der Waals surface area contributed by atoms with Crippen molar-refractivity contribution in [1.82, 2.24) is 5.32 Å². The largest absolute Gasteiger partial charge is 0.378 e. The minimum atomic E-state index is -0.401. The van der Waals surface area contributed by atoms with Crippen LogP contribution < -0.4 is 5.32 Å². The van der Waals surface area contributed by atoms with Gasteiger partial charge in [0.2, 0.25) is 5.91 Å². The molecule has 1 amide bonds. The van der Waals surface area contributed by atoms with Crippen LogP contribution in [0.5, 0.6) is 0 Å². The lowest BCUT2D eigenvalue weighted by molar-refractivity contribution is -0.134. The van der Waals surface area contributed by atoms with E-state index in [1.54, 1.807) is 7.11 Å². The molecule has 0 heterocycles. The van der Waals surface area contributed by atoms with Gasteiger partial charge in [-0.2, -0.15) is 5.26 Å². The van der Waals surface area contributed by atoms with E-state index in [1.165, 1.54) is 0 Å². The molecule has 4 nitrogen and oxygen atoms in total. The molecule has 0 aromatic heterocycles. The van der Waals surface area contributed by atoms with E-state index in [-0.39, 0.29) is 17.4 Å². The highest BCUT2D eigenvalue weighted by atomic mass is 16.5. The van der Waals surface area contributed by atoms with Gasteiger partial charge in [0.05, 0.1) is 18.1 Å². The molecule has 1 N–H and O–H groups in total. The lowest BCUT2D eigenvalue weighted by Crippen LogP contribution is -2.46. The summed E-state index contributed by atoms with van der Waals surface area (Å²) in [6.45, 7) is 3.84. The third-order valence-corrected chi connectivity index (χ3v) is 3.30. The van der Waals surface area contributed by atoms with Gasteiger partial charge in [0.1, 0.15) is 6.04 Å². The van der Waals surface area contributed by atoms with E-state index in [0.717, 1.165) is 19.3 Å². The Morgan fingerprint density at radius 1 is 1.56 bits per heavy atom. The average molecular weight is 224 g/mol. The molecule has 1 saturated carbocycles. The van der Waals surface area contributed by atoms with Crippen LogP contribution in [0.25, 0.3) is 0 Å². The van der Waals surface area contributed by atoms with Crippen LogP contribution in [-0.4, -0.2) is 24.7 Å². The normalized spacial score (nSPS) is 19.7. The van der Waals surface area contributed by atoms with Gasteiger partial charge in [-0.3, -0.25) is 4.79 Å². The highest BCUT2D eigenvalue weighted by Gasteiger charge is 2.39. The van der Waals surface area contributed by atoms with Gasteiger partial charge >= 0.3 is 0 Å². The maximum Gasteiger partial charge on any atom is 0.223 e. The van der Waals surface area contributed by atoms with Crippen molar-refractivity contribution in [2.45, 2.75) is 51.2 Å². The van der Waals surface area contributed by atoms with Gasteiger partial charge in [-0.25, -0.2) is 0 Å². The summed E-state index contributed by atoms with van der Waals surface area (Å²) in [4.78, 5) is 11.7. The summed E-state index contributed by atoms with van der Waals surface area (Å²) in [5.74, 6) is 0.0515. The summed E-state index contributed by atoms with van der Waals surface area (Å²) in [6, 6.07) is 1.70. The summed E-state index contributed by atoms with van der Waals surface area (Å²) in [5, 5.41) is 11.6. The molecule has 1 atom stereocenters. The van der Waals surface area contributed by atoms with Crippen LogP contribution in [0.1, 0.15) is 39.5 Å². The fourth-order valence-corrected chi connectivity index (χ4v) is 1.89. The van der Waals surface area contributed by atoms with Gasteiger partial charge < -0.3 is 10.1 Å². The summed E-state index contributed by atoms with van der Waals surface area (Å²) in [6.07, 6.45) is 3.37. The quantitative estimate of drug-likeness (QED) is 0.771. The molecular weight excluding hydrogens is 204 g/mol. The predicted octanol–water partition coefficient (Wildman–Crippen LogP) is 1.61. The summed E-state index contributed by atoms with van der Waals surface area (Å²) >= 11 is 0. The van der Waals surface area contributed by atoms with Crippen LogP contribution in [0.4, 0.5) is 0 Å². The summed E-state index contributed by atoms with van der Waals surface area (Å²) in [7, 11) is 1.65. The number of ether oxygens (including phenoxy) is 1. The molecule has 1 fully saturated rings. The number of carbonyl (C=O) groups is 1. The number of hydrogen-bond acceptors (Lipinski definition) is 3. The van der Waals surface area contributed by atoms with Gasteiger partial charge in [0.25, 0.3) is 0 Å². The molecule has 1 aliphatic carbocycles. The Morgan fingerprint density at radius 3 is 2.50 bits per heavy atom. The smallest absolute Gasteiger partial charge is 0.223 e. The molecule has 0 aliphatic heterocycles. The monoisotopic (exact) mass is 224 g/mol. The molecule has 0 saturated heterocycles. The zero-order valence-corrected chi connectivity index (χ0v) is 10.2. The lowest BCUT2D eigenvalue weighted by Gasteiger charge is -2.40. The SMILES string of the molecule is COC1(CC(=O)NC(C#N)C(C)C)CCC1. The van der Waals surface area contributed by atoms with E-state index in [0.29, 0.717) is 6.42 Å². The highest BCUT2D eigenvalue weighted by molar-refractivity contribution is 5.77. The fourth-order valence-electron chi connectivity index (χ4n) is 1.89. The molecule has 0 aromatic carbocycles. The molecule has 1 rings (SSSR count). The molecule has 0 bridgehead atoms. The third-order valence-electron chi connectivity index (χ3n) is 3.30. The van der Waals surface area contributed by atoms with E-state index < -0.39 is 6.04 Å². The van der Waals surface area contributed by atoms with Gasteiger partial charge in [-0.1, -0.05) is 13.8 Å². The van der Waals surface area contributed by atoms with Crippen molar-refractivity contribution in [1.29, 1.82) is 5.26 Å².